The molecule has 1 saturated carbocycles. The number of ketones is 1. The van der Waals surface area contributed by atoms with E-state index in [1.807, 2.05) is 25.7 Å². The fourth-order valence-corrected chi connectivity index (χ4v) is 3.60. The summed E-state index contributed by atoms with van der Waals surface area (Å²) < 4.78 is 0. The fraction of sp³-hybridized carbons (Fsp3) is 0.647. The lowest BCUT2D eigenvalue weighted by molar-refractivity contribution is 0.0641. The number of carbonyl (C=O) groups excluding carboxylic acids is 2. The molecule has 4 heteroatoms. The molecule has 116 valence electrons. The minimum Gasteiger partial charge on any atom is -0.354 e. The van der Waals surface area contributed by atoms with Gasteiger partial charge in [-0.3, -0.25) is 9.59 Å². The number of H-pyrrole nitrogens is 1. The number of rotatable bonds is 4. The Kier molecular flexibility index (Phi) is 4.86. The molecule has 1 aromatic heterocycles. The third-order valence-electron chi connectivity index (χ3n) is 4.62. The molecule has 1 aliphatic carbocycles. The van der Waals surface area contributed by atoms with Crippen LogP contribution in [0.3, 0.4) is 0 Å². The summed E-state index contributed by atoms with van der Waals surface area (Å²) in [5, 5.41) is 0. The van der Waals surface area contributed by atoms with Crippen LogP contribution in [-0.2, 0) is 0 Å². The lowest BCUT2D eigenvalue weighted by Gasteiger charge is -2.33. The first-order valence-corrected chi connectivity index (χ1v) is 7.98. The molecular weight excluding hydrogens is 264 g/mol. The molecule has 21 heavy (non-hydrogen) atoms. The Labute approximate surface area is 126 Å². The van der Waals surface area contributed by atoms with Crippen molar-refractivity contribution >= 4 is 11.7 Å². The molecule has 0 saturated heterocycles. The first kappa shape index (κ1) is 15.8. The van der Waals surface area contributed by atoms with Crippen LogP contribution in [0.5, 0.6) is 0 Å². The summed E-state index contributed by atoms with van der Waals surface area (Å²) in [6.07, 6.45) is 5.87. The second kappa shape index (κ2) is 6.46. The van der Waals surface area contributed by atoms with Gasteiger partial charge in [0.05, 0.1) is 0 Å². The highest BCUT2D eigenvalue weighted by Gasteiger charge is 2.28. The topological polar surface area (TPSA) is 53.2 Å². The maximum Gasteiger partial charge on any atom is 0.270 e. The summed E-state index contributed by atoms with van der Waals surface area (Å²) >= 11 is 0. The Morgan fingerprint density at radius 3 is 2.29 bits per heavy atom. The monoisotopic (exact) mass is 290 g/mol. The number of aryl methyl sites for hydroxylation is 1. The van der Waals surface area contributed by atoms with E-state index in [0.29, 0.717) is 17.3 Å². The van der Waals surface area contributed by atoms with E-state index in [0.717, 1.165) is 30.6 Å². The fourth-order valence-electron chi connectivity index (χ4n) is 3.60. The van der Waals surface area contributed by atoms with Gasteiger partial charge in [0.2, 0.25) is 0 Å². The predicted octanol–water partition coefficient (Wildman–Crippen LogP) is 3.63. The van der Waals surface area contributed by atoms with Gasteiger partial charge in [-0.1, -0.05) is 19.3 Å². The van der Waals surface area contributed by atoms with E-state index in [9.17, 15) is 9.59 Å². The number of carbonyl (C=O) groups is 2. The van der Waals surface area contributed by atoms with Crippen LogP contribution >= 0.6 is 0 Å². The third kappa shape index (κ3) is 3.04. The summed E-state index contributed by atoms with van der Waals surface area (Å²) in [6.45, 7) is 8.02. The lowest BCUT2D eigenvalue weighted by Crippen LogP contribution is -2.41. The van der Waals surface area contributed by atoms with Crippen LogP contribution < -0.4 is 0 Å². The van der Waals surface area contributed by atoms with E-state index in [1.165, 1.54) is 19.3 Å². The number of amides is 1. The van der Waals surface area contributed by atoms with E-state index in [4.69, 9.17) is 0 Å². The van der Waals surface area contributed by atoms with Gasteiger partial charge >= 0.3 is 0 Å². The molecule has 0 bridgehead atoms. The zero-order valence-corrected chi connectivity index (χ0v) is 13.6. The van der Waals surface area contributed by atoms with Gasteiger partial charge in [-0.2, -0.15) is 0 Å². The van der Waals surface area contributed by atoms with Crippen LogP contribution in [0, 0.1) is 13.8 Å². The number of nitrogens with one attached hydrogen (secondary N) is 1. The molecule has 1 fully saturated rings. The van der Waals surface area contributed by atoms with Gasteiger partial charge in [-0.25, -0.2) is 0 Å². The standard InChI is InChI=1S/C17H26N2O2/c1-5-19(14-9-7-6-8-10-14)17(21)16-11(2)15(13(4)20)12(3)18-16/h14,18H,5-10H2,1-4H3. The van der Waals surface area contributed by atoms with Crippen molar-refractivity contribution < 1.29 is 9.59 Å². The van der Waals surface area contributed by atoms with E-state index in [-0.39, 0.29) is 11.7 Å². The van der Waals surface area contributed by atoms with Crippen LogP contribution in [0.4, 0.5) is 0 Å². The average Bonchev–Trinajstić information content (AvgIpc) is 2.75. The Balaban J connectivity index is 2.29. The van der Waals surface area contributed by atoms with Crippen LogP contribution in [0.15, 0.2) is 0 Å². The molecule has 0 spiro atoms. The van der Waals surface area contributed by atoms with E-state index in [1.54, 1.807) is 6.92 Å². The van der Waals surface area contributed by atoms with E-state index in [2.05, 4.69) is 4.98 Å². The van der Waals surface area contributed by atoms with Gasteiger partial charge in [-0.05, 0) is 46.1 Å². The molecule has 1 aromatic rings. The van der Waals surface area contributed by atoms with Crippen molar-refractivity contribution in [1.29, 1.82) is 0 Å². The summed E-state index contributed by atoms with van der Waals surface area (Å²) in [5.41, 5.74) is 2.84. The lowest BCUT2D eigenvalue weighted by atomic mass is 9.94. The van der Waals surface area contributed by atoms with Gasteiger partial charge in [0.25, 0.3) is 5.91 Å². The number of Topliss-reactive ketones (excluding diaryl/α,β-unsaturated/α-hetero) is 1. The molecule has 1 amide bonds. The maximum atomic E-state index is 12.9. The predicted molar refractivity (Wildman–Crippen MR) is 83.9 cm³/mol. The second-order valence-corrected chi connectivity index (χ2v) is 6.06. The minimum absolute atomic E-state index is 0.0148. The summed E-state index contributed by atoms with van der Waals surface area (Å²) in [7, 11) is 0. The normalized spacial score (nSPS) is 16.0. The van der Waals surface area contributed by atoms with Gasteiger partial charge < -0.3 is 9.88 Å². The van der Waals surface area contributed by atoms with Gasteiger partial charge in [0, 0.05) is 23.8 Å². The highest BCUT2D eigenvalue weighted by atomic mass is 16.2. The number of aromatic amines is 1. The second-order valence-electron chi connectivity index (χ2n) is 6.06. The first-order valence-electron chi connectivity index (χ1n) is 7.98. The van der Waals surface area contributed by atoms with Gasteiger partial charge in [0.1, 0.15) is 5.69 Å². The quantitative estimate of drug-likeness (QED) is 0.861. The number of aromatic nitrogens is 1. The van der Waals surface area contributed by atoms with Crippen molar-refractivity contribution in [2.45, 2.75) is 65.8 Å². The number of hydrogen-bond donors (Lipinski definition) is 1. The molecule has 0 atom stereocenters. The Morgan fingerprint density at radius 1 is 1.19 bits per heavy atom. The molecule has 2 rings (SSSR count). The number of nitrogens with zero attached hydrogens (tertiary/aromatic N) is 1. The molecule has 0 aromatic carbocycles. The Hall–Kier alpha value is -1.58. The summed E-state index contributed by atoms with van der Waals surface area (Å²) in [4.78, 5) is 29.7. The Bertz CT molecular complexity index is 539. The Morgan fingerprint density at radius 2 is 1.81 bits per heavy atom. The molecular formula is C17H26N2O2. The highest BCUT2D eigenvalue weighted by Crippen LogP contribution is 2.26. The van der Waals surface area contributed by atoms with E-state index >= 15 is 0 Å². The van der Waals surface area contributed by atoms with Gasteiger partial charge in [-0.15, -0.1) is 0 Å². The summed E-state index contributed by atoms with van der Waals surface area (Å²) in [6, 6.07) is 0.347. The molecule has 1 heterocycles. The first-order chi connectivity index (χ1) is 9.97. The molecule has 0 radical (unpaired) electrons. The highest BCUT2D eigenvalue weighted by molar-refractivity contribution is 6.02. The molecule has 1 N–H and O–H groups in total. The molecule has 0 aliphatic heterocycles. The molecule has 0 unspecified atom stereocenters. The maximum absolute atomic E-state index is 12.9. The van der Waals surface area contributed by atoms with Crippen molar-refractivity contribution in [2.75, 3.05) is 6.54 Å². The van der Waals surface area contributed by atoms with Crippen LogP contribution in [0.25, 0.3) is 0 Å². The average molecular weight is 290 g/mol. The minimum atomic E-state index is 0.0148. The van der Waals surface area contributed by atoms with Crippen LogP contribution in [0.2, 0.25) is 0 Å². The van der Waals surface area contributed by atoms with Crippen molar-refractivity contribution in [3.63, 3.8) is 0 Å². The van der Waals surface area contributed by atoms with Gasteiger partial charge in [0.15, 0.2) is 5.78 Å². The van der Waals surface area contributed by atoms with Crippen molar-refractivity contribution in [1.82, 2.24) is 9.88 Å². The number of hydrogen-bond acceptors (Lipinski definition) is 2. The SMILES string of the molecule is CCN(C(=O)c1[nH]c(C)c(C(C)=O)c1C)C1CCCCC1. The summed E-state index contributed by atoms with van der Waals surface area (Å²) in [5.74, 6) is 0.0542. The van der Waals surface area contributed by atoms with Crippen molar-refractivity contribution in [2.24, 2.45) is 0 Å². The zero-order chi connectivity index (χ0) is 15.6. The van der Waals surface area contributed by atoms with Crippen LogP contribution in [0.1, 0.15) is 78.1 Å². The van der Waals surface area contributed by atoms with Crippen molar-refractivity contribution in [3.05, 3.63) is 22.5 Å². The molecule has 4 nitrogen and oxygen atoms in total. The zero-order valence-electron chi connectivity index (χ0n) is 13.6. The van der Waals surface area contributed by atoms with Crippen molar-refractivity contribution in [3.8, 4) is 0 Å². The smallest absolute Gasteiger partial charge is 0.270 e. The van der Waals surface area contributed by atoms with Crippen LogP contribution in [-0.4, -0.2) is 34.2 Å². The molecule has 1 aliphatic rings. The largest absolute Gasteiger partial charge is 0.354 e. The van der Waals surface area contributed by atoms with E-state index < -0.39 is 0 Å². The third-order valence-corrected chi connectivity index (χ3v) is 4.62.